The lowest BCUT2D eigenvalue weighted by Crippen LogP contribution is -2.46. The Hall–Kier alpha value is -4.23. The second-order valence-corrected chi connectivity index (χ2v) is 9.43. The van der Waals surface area contributed by atoms with Gasteiger partial charge in [0.15, 0.2) is 5.88 Å². The van der Waals surface area contributed by atoms with E-state index in [1.807, 2.05) is 19.2 Å². The minimum absolute atomic E-state index is 0.128. The van der Waals surface area contributed by atoms with Crippen LogP contribution in [-0.2, 0) is 13.1 Å². The van der Waals surface area contributed by atoms with Crippen LogP contribution in [0.25, 0.3) is 10.8 Å². The van der Waals surface area contributed by atoms with Gasteiger partial charge in [-0.2, -0.15) is 5.26 Å². The van der Waals surface area contributed by atoms with Gasteiger partial charge in [0.1, 0.15) is 17.6 Å². The van der Waals surface area contributed by atoms with Gasteiger partial charge in [0, 0.05) is 55.9 Å². The van der Waals surface area contributed by atoms with Crippen molar-refractivity contribution in [3.05, 3.63) is 83.2 Å². The zero-order valence-electron chi connectivity index (χ0n) is 20.7. The summed E-state index contributed by atoms with van der Waals surface area (Å²) in [5.41, 5.74) is 3.39. The maximum atomic E-state index is 12.4. The highest BCUT2D eigenvalue weighted by Crippen LogP contribution is 2.33. The molecule has 0 bridgehead atoms. The standard InChI is InChI=1S/C28H26F3N5O2/c1-19-12-22(16-34-8-10-35(11-9-34)25-7-4-21(14-32)15-33-25)13-23-18-36(27(37)26(19)23)17-20-2-5-24(6-3-20)38-28(29,30)31/h2-7,12-13,15,18,37H,8-11,16-17H2,1H3. The molecule has 0 amide bonds. The number of fused-ring (bicyclic) bond motifs is 1. The molecule has 7 nitrogen and oxygen atoms in total. The number of nitrogens with zero attached hydrogens (tertiary/aromatic N) is 5. The van der Waals surface area contributed by atoms with Gasteiger partial charge in [-0.3, -0.25) is 4.90 Å². The van der Waals surface area contributed by atoms with Crippen LogP contribution in [0.5, 0.6) is 11.6 Å². The summed E-state index contributed by atoms with van der Waals surface area (Å²) in [6.45, 7) is 6.48. The third-order valence-corrected chi connectivity index (χ3v) is 6.71. The summed E-state index contributed by atoms with van der Waals surface area (Å²) in [6.07, 6.45) is -1.27. The molecule has 1 fully saturated rings. The number of aromatic nitrogens is 2. The molecule has 1 saturated heterocycles. The number of aryl methyl sites for hydroxylation is 1. The molecule has 0 atom stereocenters. The van der Waals surface area contributed by atoms with Crippen LogP contribution in [0.4, 0.5) is 19.0 Å². The lowest BCUT2D eigenvalue weighted by molar-refractivity contribution is -0.274. The van der Waals surface area contributed by atoms with Crippen LogP contribution >= 0.6 is 0 Å². The Morgan fingerprint density at radius 1 is 1.00 bits per heavy atom. The Labute approximate surface area is 217 Å². The first-order chi connectivity index (χ1) is 18.2. The summed E-state index contributed by atoms with van der Waals surface area (Å²) >= 11 is 0. The van der Waals surface area contributed by atoms with Crippen molar-refractivity contribution in [3.8, 4) is 17.7 Å². The van der Waals surface area contributed by atoms with E-state index in [9.17, 15) is 18.3 Å². The topological polar surface area (TPSA) is 77.5 Å². The molecule has 0 aliphatic carbocycles. The molecule has 1 aliphatic rings. The molecule has 0 saturated carbocycles. The lowest BCUT2D eigenvalue weighted by Gasteiger charge is -2.35. The average molecular weight is 522 g/mol. The summed E-state index contributed by atoms with van der Waals surface area (Å²) in [4.78, 5) is 8.99. The largest absolute Gasteiger partial charge is 0.573 e. The molecule has 1 aliphatic heterocycles. The van der Waals surface area contributed by atoms with Crippen molar-refractivity contribution in [3.63, 3.8) is 0 Å². The predicted octanol–water partition coefficient (Wildman–Crippen LogP) is 5.19. The Morgan fingerprint density at radius 2 is 1.74 bits per heavy atom. The fourth-order valence-corrected chi connectivity index (χ4v) is 4.91. The van der Waals surface area contributed by atoms with E-state index in [2.05, 4.69) is 37.7 Å². The number of alkyl halides is 3. The van der Waals surface area contributed by atoms with E-state index in [0.29, 0.717) is 12.1 Å². The number of rotatable bonds is 6. The molecule has 10 heteroatoms. The quantitative estimate of drug-likeness (QED) is 0.376. The minimum atomic E-state index is -4.73. The monoisotopic (exact) mass is 521 g/mol. The van der Waals surface area contributed by atoms with Gasteiger partial charge in [-0.25, -0.2) is 4.98 Å². The Balaban J connectivity index is 1.25. The van der Waals surface area contributed by atoms with Crippen LogP contribution < -0.4 is 9.64 Å². The van der Waals surface area contributed by atoms with Crippen LogP contribution in [0.15, 0.2) is 60.9 Å². The molecule has 1 N–H and O–H groups in total. The van der Waals surface area contributed by atoms with Crippen molar-refractivity contribution in [2.45, 2.75) is 26.4 Å². The van der Waals surface area contributed by atoms with Crippen molar-refractivity contribution in [1.82, 2.24) is 14.5 Å². The van der Waals surface area contributed by atoms with Gasteiger partial charge in [0.25, 0.3) is 0 Å². The number of halogens is 3. The Bertz CT molecular complexity index is 1470. The molecular formula is C28H26F3N5O2. The first kappa shape index (κ1) is 25.4. The third-order valence-electron chi connectivity index (χ3n) is 6.71. The molecule has 5 rings (SSSR count). The highest BCUT2D eigenvalue weighted by molar-refractivity contribution is 5.91. The molecule has 4 aromatic rings. The first-order valence-corrected chi connectivity index (χ1v) is 12.2. The van der Waals surface area contributed by atoms with Gasteiger partial charge in [-0.05, 0) is 53.9 Å². The fourth-order valence-electron chi connectivity index (χ4n) is 4.91. The highest BCUT2D eigenvalue weighted by Gasteiger charge is 2.31. The highest BCUT2D eigenvalue weighted by atomic mass is 19.4. The number of hydrogen-bond donors (Lipinski definition) is 1. The van der Waals surface area contributed by atoms with E-state index in [4.69, 9.17) is 5.26 Å². The van der Waals surface area contributed by atoms with Gasteiger partial charge in [-0.1, -0.05) is 18.2 Å². The zero-order valence-corrected chi connectivity index (χ0v) is 20.7. The van der Waals surface area contributed by atoms with Gasteiger partial charge in [0.2, 0.25) is 0 Å². The maximum Gasteiger partial charge on any atom is 0.573 e. The zero-order chi connectivity index (χ0) is 26.9. The van der Waals surface area contributed by atoms with Crippen LogP contribution in [0, 0.1) is 18.3 Å². The number of piperazine rings is 1. The first-order valence-electron chi connectivity index (χ1n) is 12.2. The molecule has 3 heterocycles. The van der Waals surface area contributed by atoms with Crippen molar-refractivity contribution >= 4 is 16.6 Å². The van der Waals surface area contributed by atoms with Crippen molar-refractivity contribution in [2.75, 3.05) is 31.1 Å². The predicted molar refractivity (Wildman–Crippen MR) is 137 cm³/mol. The van der Waals surface area contributed by atoms with Crippen molar-refractivity contribution in [2.24, 2.45) is 0 Å². The minimum Gasteiger partial charge on any atom is -0.494 e. The molecule has 0 unspecified atom stereocenters. The van der Waals surface area contributed by atoms with Crippen molar-refractivity contribution in [1.29, 1.82) is 5.26 Å². The van der Waals surface area contributed by atoms with Gasteiger partial charge < -0.3 is 19.3 Å². The number of hydrogen-bond acceptors (Lipinski definition) is 6. The smallest absolute Gasteiger partial charge is 0.494 e. The molecule has 38 heavy (non-hydrogen) atoms. The van der Waals surface area contributed by atoms with Crippen molar-refractivity contribution < 1.29 is 23.0 Å². The van der Waals surface area contributed by atoms with E-state index in [1.165, 1.54) is 12.1 Å². The number of pyridine rings is 1. The van der Waals surface area contributed by atoms with E-state index in [-0.39, 0.29) is 11.6 Å². The van der Waals surface area contributed by atoms with Crippen LogP contribution in [0.1, 0.15) is 22.3 Å². The molecule has 0 radical (unpaired) electrons. The van der Waals surface area contributed by atoms with E-state index >= 15 is 0 Å². The van der Waals surface area contributed by atoms with E-state index in [1.54, 1.807) is 29.0 Å². The van der Waals surface area contributed by atoms with Gasteiger partial charge >= 0.3 is 6.36 Å². The summed E-state index contributed by atoms with van der Waals surface area (Å²) in [5.74, 6) is 0.723. The number of ether oxygens (including phenoxy) is 1. The Morgan fingerprint density at radius 3 is 2.37 bits per heavy atom. The molecule has 2 aromatic carbocycles. The van der Waals surface area contributed by atoms with E-state index in [0.717, 1.165) is 66.0 Å². The lowest BCUT2D eigenvalue weighted by atomic mass is 10.0. The van der Waals surface area contributed by atoms with Crippen LogP contribution in [-0.4, -0.2) is 52.1 Å². The fraction of sp³-hybridized carbons (Fsp3) is 0.286. The maximum absolute atomic E-state index is 12.4. The molecule has 0 spiro atoms. The summed E-state index contributed by atoms with van der Waals surface area (Å²) in [6, 6.07) is 15.6. The second-order valence-electron chi connectivity index (χ2n) is 9.43. The SMILES string of the molecule is Cc1cc(CN2CCN(c3ccc(C#N)cn3)CC2)cc2cn(Cc3ccc(OC(F)(F)F)cc3)c(O)c12. The van der Waals surface area contributed by atoms with Crippen LogP contribution in [0.3, 0.4) is 0 Å². The van der Waals surface area contributed by atoms with Gasteiger partial charge in [0.05, 0.1) is 12.1 Å². The Kier molecular flexibility index (Phi) is 6.87. The number of benzene rings is 2. The molecular weight excluding hydrogens is 495 g/mol. The summed E-state index contributed by atoms with van der Waals surface area (Å²) < 4.78 is 42.9. The van der Waals surface area contributed by atoms with Gasteiger partial charge in [-0.15, -0.1) is 13.2 Å². The molecule has 2 aromatic heterocycles. The number of nitriles is 1. The number of aromatic hydroxyl groups is 1. The second kappa shape index (κ2) is 10.3. The summed E-state index contributed by atoms with van der Waals surface area (Å²) in [7, 11) is 0. The third kappa shape index (κ3) is 5.68. The average Bonchev–Trinajstić information content (AvgIpc) is 3.20. The number of anilines is 1. The van der Waals surface area contributed by atoms with E-state index < -0.39 is 6.36 Å². The molecule has 196 valence electrons. The summed E-state index contributed by atoms with van der Waals surface area (Å²) in [5, 5.41) is 21.5. The normalized spacial score (nSPS) is 14.6. The van der Waals surface area contributed by atoms with Crippen LogP contribution in [0.2, 0.25) is 0 Å².